The summed E-state index contributed by atoms with van der Waals surface area (Å²) in [6, 6.07) is 34.4. The first-order chi connectivity index (χ1) is 17.4. The first-order valence-electron chi connectivity index (χ1n) is 12.1. The van der Waals surface area contributed by atoms with Crippen LogP contribution in [0, 0.1) is 12.1 Å². The predicted molar refractivity (Wildman–Crippen MR) is 147 cm³/mol. The fraction of sp³-hybridized carbons (Fsp3) is 0.0968. The van der Waals surface area contributed by atoms with E-state index >= 15 is 0 Å². The Bertz CT molecular complexity index is 1590. The molecule has 3 heterocycles. The summed E-state index contributed by atoms with van der Waals surface area (Å²) in [7, 11) is -1.39. The Hall–Kier alpha value is -3.37. The van der Waals surface area contributed by atoms with Crippen molar-refractivity contribution in [2.24, 2.45) is 0 Å². The van der Waals surface area contributed by atoms with Crippen molar-refractivity contribution < 1.29 is 25.9 Å². The van der Waals surface area contributed by atoms with E-state index in [-0.39, 0.29) is 20.1 Å². The largest absolute Gasteiger partial charge is 0.501 e. The van der Waals surface area contributed by atoms with Crippen LogP contribution in [-0.4, -0.2) is 18.0 Å². The zero-order chi connectivity index (χ0) is 25.1. The van der Waals surface area contributed by atoms with Crippen LogP contribution >= 0.6 is 0 Å². The van der Waals surface area contributed by atoms with Crippen molar-refractivity contribution >= 4 is 35.2 Å². The van der Waals surface area contributed by atoms with Gasteiger partial charge in [-0.1, -0.05) is 72.2 Å². The smallest absolute Gasteiger partial charge is 0.120 e. The van der Waals surface area contributed by atoms with Gasteiger partial charge in [0.25, 0.3) is 0 Å². The summed E-state index contributed by atoms with van der Waals surface area (Å²) >= 11 is 0. The molecule has 3 aromatic heterocycles. The summed E-state index contributed by atoms with van der Waals surface area (Å²) in [5.74, 6) is 0. The molecule has 0 spiro atoms. The van der Waals surface area contributed by atoms with E-state index in [0.717, 1.165) is 44.5 Å². The Morgan fingerprint density at radius 1 is 0.778 bits per heavy atom. The van der Waals surface area contributed by atoms with E-state index in [2.05, 4.69) is 59.9 Å². The number of aromatic nitrogens is 2. The van der Waals surface area contributed by atoms with Crippen molar-refractivity contribution in [3.8, 4) is 22.5 Å². The Balaban J connectivity index is 0.000000208. The number of fused-ring (bicyclic) bond motifs is 3. The molecule has 0 aliphatic heterocycles. The van der Waals surface area contributed by atoms with Crippen LogP contribution < -0.4 is 5.19 Å². The van der Waals surface area contributed by atoms with E-state index in [1.165, 1.54) is 5.19 Å². The Labute approximate surface area is 228 Å². The molecule has 0 amide bonds. The molecule has 0 unspecified atom stereocenters. The van der Waals surface area contributed by atoms with Gasteiger partial charge in [-0.15, -0.1) is 54.1 Å². The zero-order valence-corrected chi connectivity index (χ0v) is 23.8. The standard InChI is InChI=1S/C20H18NOSi.C11H8N.Ir/c1-23(2,3)14-10-11-15-16-7-6-8-17(18-9-4-5-12-21-18)20(16)22-19(15)13-14;1-2-6-10(7-3-1)11-8-4-5-9-12-11;/h4-7,9-13H,1-3H3;1-6,8-9H;/q2*-1;/i4D;;. The topological polar surface area (TPSA) is 38.9 Å². The number of hydrogen-bond donors (Lipinski definition) is 0. The monoisotopic (exact) mass is 664 g/mol. The fourth-order valence-electron chi connectivity index (χ4n) is 3.93. The van der Waals surface area contributed by atoms with Crippen LogP contribution in [0.3, 0.4) is 0 Å². The minimum Gasteiger partial charge on any atom is -0.501 e. The molecule has 36 heavy (non-hydrogen) atoms. The molecule has 0 N–H and O–H groups in total. The van der Waals surface area contributed by atoms with Gasteiger partial charge in [-0.3, -0.25) is 0 Å². The molecule has 0 saturated carbocycles. The third kappa shape index (κ3) is 5.54. The van der Waals surface area contributed by atoms with Gasteiger partial charge >= 0.3 is 0 Å². The van der Waals surface area contributed by atoms with E-state index in [1.54, 1.807) is 24.5 Å². The van der Waals surface area contributed by atoms with E-state index in [0.29, 0.717) is 6.04 Å². The van der Waals surface area contributed by atoms with Crippen LogP contribution in [0.5, 0.6) is 0 Å². The number of nitrogens with zero attached hydrogens (tertiary/aromatic N) is 2. The molecule has 0 fully saturated rings. The maximum absolute atomic E-state index is 7.82. The van der Waals surface area contributed by atoms with Gasteiger partial charge in [0.1, 0.15) is 5.58 Å². The van der Waals surface area contributed by atoms with Gasteiger partial charge in [0.15, 0.2) is 0 Å². The fourth-order valence-corrected chi connectivity index (χ4v) is 5.08. The molecule has 0 aliphatic rings. The van der Waals surface area contributed by atoms with Crippen LogP contribution in [0.4, 0.5) is 0 Å². The number of rotatable bonds is 3. The molecule has 0 saturated heterocycles. The van der Waals surface area contributed by atoms with Gasteiger partial charge < -0.3 is 14.4 Å². The molecular formula is C31H26IrN2OSi-2. The van der Waals surface area contributed by atoms with Crippen LogP contribution in [0.1, 0.15) is 1.37 Å². The molecule has 1 radical (unpaired) electrons. The van der Waals surface area contributed by atoms with Gasteiger partial charge in [-0.2, -0.15) is 0 Å². The molecule has 181 valence electrons. The maximum atomic E-state index is 7.82. The molecule has 3 aromatic carbocycles. The predicted octanol–water partition coefficient (Wildman–Crippen LogP) is 7.54. The number of furan rings is 1. The van der Waals surface area contributed by atoms with Crippen LogP contribution in [0.25, 0.3) is 44.5 Å². The molecule has 0 aliphatic carbocycles. The summed E-state index contributed by atoms with van der Waals surface area (Å²) in [4.78, 5) is 8.60. The van der Waals surface area contributed by atoms with Gasteiger partial charge in [0.05, 0.1) is 15.0 Å². The van der Waals surface area contributed by atoms with E-state index in [4.69, 9.17) is 5.79 Å². The molecule has 6 rings (SSSR count). The number of pyridine rings is 2. The molecule has 0 bridgehead atoms. The van der Waals surface area contributed by atoms with Crippen molar-refractivity contribution in [1.29, 1.82) is 0 Å². The Kier molecular flexibility index (Phi) is 7.52. The van der Waals surface area contributed by atoms with Crippen LogP contribution in [0.2, 0.25) is 19.6 Å². The van der Waals surface area contributed by atoms with Crippen molar-refractivity contribution in [1.82, 2.24) is 9.97 Å². The summed E-state index contributed by atoms with van der Waals surface area (Å²) in [6.45, 7) is 7.00. The molecule has 5 heteroatoms. The quantitative estimate of drug-likeness (QED) is 0.145. The summed E-state index contributed by atoms with van der Waals surface area (Å²) in [6.07, 6.45) is 3.44. The summed E-state index contributed by atoms with van der Waals surface area (Å²) in [5.41, 5.74) is 5.24. The van der Waals surface area contributed by atoms with Gasteiger partial charge in [0.2, 0.25) is 0 Å². The minimum atomic E-state index is -1.39. The summed E-state index contributed by atoms with van der Waals surface area (Å²) in [5, 5.41) is 3.56. The first kappa shape index (κ1) is 24.3. The normalized spacial score (nSPS) is 11.4. The third-order valence-corrected chi connectivity index (χ3v) is 7.85. The zero-order valence-electron chi connectivity index (χ0n) is 21.4. The molecular weight excluding hydrogens is 637 g/mol. The average Bonchev–Trinajstić information content (AvgIpc) is 3.28. The number of hydrogen-bond acceptors (Lipinski definition) is 3. The maximum Gasteiger partial charge on any atom is 0.120 e. The van der Waals surface area contributed by atoms with E-state index in [1.807, 2.05) is 54.6 Å². The molecule has 6 aromatic rings. The van der Waals surface area contributed by atoms with Crippen molar-refractivity contribution in [2.75, 3.05) is 0 Å². The van der Waals surface area contributed by atoms with Gasteiger partial charge in [-0.25, -0.2) is 0 Å². The van der Waals surface area contributed by atoms with Gasteiger partial charge in [-0.05, 0) is 29.6 Å². The van der Waals surface area contributed by atoms with Crippen LogP contribution in [0.15, 0.2) is 108 Å². The van der Waals surface area contributed by atoms with Gasteiger partial charge in [0, 0.05) is 37.9 Å². The summed E-state index contributed by atoms with van der Waals surface area (Å²) < 4.78 is 14.0. The van der Waals surface area contributed by atoms with Crippen molar-refractivity contribution in [3.05, 3.63) is 115 Å². The molecule has 3 nitrogen and oxygen atoms in total. The minimum absolute atomic E-state index is 0. The number of benzene rings is 3. The second kappa shape index (κ2) is 11.1. The van der Waals surface area contributed by atoms with E-state index < -0.39 is 8.07 Å². The third-order valence-electron chi connectivity index (χ3n) is 5.81. The SMILES string of the molecule is [2H]c1ccnc(-c2[c-]ccc3c2oc2cc([Si](C)(C)C)ccc23)c1.[Ir].[c-]1ccccc1-c1ccccn1. The van der Waals surface area contributed by atoms with Crippen LogP contribution in [-0.2, 0) is 20.1 Å². The average molecular weight is 664 g/mol. The van der Waals surface area contributed by atoms with Crippen molar-refractivity contribution in [3.63, 3.8) is 0 Å². The molecule has 0 atom stereocenters. The van der Waals surface area contributed by atoms with Crippen molar-refractivity contribution in [2.45, 2.75) is 19.6 Å². The Morgan fingerprint density at radius 2 is 1.58 bits per heavy atom. The Morgan fingerprint density at radius 3 is 2.31 bits per heavy atom. The second-order valence-corrected chi connectivity index (χ2v) is 14.4. The van der Waals surface area contributed by atoms with E-state index in [9.17, 15) is 0 Å². The second-order valence-electron chi connectivity index (χ2n) is 9.29. The first-order valence-corrected chi connectivity index (χ1v) is 15.1.